The van der Waals surface area contributed by atoms with Gasteiger partial charge in [0.2, 0.25) is 0 Å². The predicted octanol–water partition coefficient (Wildman–Crippen LogP) is 2.63. The Balaban J connectivity index is 2.53. The molecule has 0 fully saturated rings. The number of aliphatic hydroxyl groups excluding tert-OH is 1. The lowest BCUT2D eigenvalue weighted by molar-refractivity contribution is 0.0972. The summed E-state index contributed by atoms with van der Waals surface area (Å²) in [5.74, 6) is 0.228. The molecule has 80 valence electrons. The van der Waals surface area contributed by atoms with E-state index in [0.29, 0.717) is 6.42 Å². The first-order valence-corrected chi connectivity index (χ1v) is 6.63. The van der Waals surface area contributed by atoms with E-state index in [9.17, 15) is 9.90 Å². The second-order valence-electron chi connectivity index (χ2n) is 3.85. The molecule has 1 aromatic rings. The highest BCUT2D eigenvalue weighted by atomic mass is 127. The summed E-state index contributed by atoms with van der Waals surface area (Å²) in [4.78, 5) is 11.7. The number of carbonyl (C=O) groups is 1. The molecule has 0 amide bonds. The van der Waals surface area contributed by atoms with Crippen molar-refractivity contribution in [2.75, 3.05) is 0 Å². The molecule has 3 heteroatoms. The summed E-state index contributed by atoms with van der Waals surface area (Å²) in [6.07, 6.45) is 2.61. The van der Waals surface area contributed by atoms with Gasteiger partial charge in [0.1, 0.15) is 0 Å². The zero-order valence-corrected chi connectivity index (χ0v) is 10.6. The Bertz CT molecular complexity index is 399. The molecule has 0 atom stereocenters. The molecule has 0 spiro atoms. The smallest absolute Gasteiger partial charge is 0.163 e. The predicted molar refractivity (Wildman–Crippen MR) is 67.4 cm³/mol. The monoisotopic (exact) mass is 316 g/mol. The van der Waals surface area contributed by atoms with E-state index in [0.717, 1.165) is 39.5 Å². The van der Waals surface area contributed by atoms with Gasteiger partial charge in [0.25, 0.3) is 0 Å². The van der Waals surface area contributed by atoms with Crippen molar-refractivity contribution in [1.29, 1.82) is 0 Å². The van der Waals surface area contributed by atoms with Crippen LogP contribution in [0, 0.1) is 0 Å². The van der Waals surface area contributed by atoms with E-state index in [-0.39, 0.29) is 12.4 Å². The van der Waals surface area contributed by atoms with Crippen LogP contribution in [0.4, 0.5) is 0 Å². The van der Waals surface area contributed by atoms with Crippen molar-refractivity contribution in [3.63, 3.8) is 0 Å². The SMILES string of the molecule is O=C1CCCc2cc(CI)c(CO)cc21. The van der Waals surface area contributed by atoms with Crippen LogP contribution >= 0.6 is 22.6 Å². The second kappa shape index (κ2) is 4.61. The van der Waals surface area contributed by atoms with E-state index >= 15 is 0 Å². The van der Waals surface area contributed by atoms with Gasteiger partial charge in [-0.1, -0.05) is 28.7 Å². The van der Waals surface area contributed by atoms with Crippen molar-refractivity contribution < 1.29 is 9.90 Å². The third-order valence-electron chi connectivity index (χ3n) is 2.89. The third kappa shape index (κ3) is 2.08. The summed E-state index contributed by atoms with van der Waals surface area (Å²) in [5.41, 5.74) is 4.05. The highest BCUT2D eigenvalue weighted by Crippen LogP contribution is 2.26. The molecule has 0 unspecified atom stereocenters. The van der Waals surface area contributed by atoms with Gasteiger partial charge in [-0.15, -0.1) is 0 Å². The van der Waals surface area contributed by atoms with Crippen molar-refractivity contribution in [3.8, 4) is 0 Å². The minimum atomic E-state index is 0.0267. The summed E-state index contributed by atoms with van der Waals surface area (Å²) in [6.45, 7) is 0.0267. The number of aryl methyl sites for hydroxylation is 1. The van der Waals surface area contributed by atoms with Crippen LogP contribution in [-0.2, 0) is 17.5 Å². The van der Waals surface area contributed by atoms with E-state index in [4.69, 9.17) is 0 Å². The number of ketones is 1. The van der Waals surface area contributed by atoms with E-state index in [1.54, 1.807) is 0 Å². The average molecular weight is 316 g/mol. The maximum absolute atomic E-state index is 11.7. The van der Waals surface area contributed by atoms with Crippen LogP contribution in [0.25, 0.3) is 0 Å². The lowest BCUT2D eigenvalue weighted by Crippen LogP contribution is -2.12. The van der Waals surface area contributed by atoms with Crippen molar-refractivity contribution in [2.45, 2.75) is 30.3 Å². The zero-order valence-electron chi connectivity index (χ0n) is 8.42. The van der Waals surface area contributed by atoms with Crippen LogP contribution < -0.4 is 0 Å². The number of Topliss-reactive ketones (excluding diaryl/α,β-unsaturated/α-hetero) is 1. The molecule has 1 aliphatic carbocycles. The highest BCUT2D eigenvalue weighted by molar-refractivity contribution is 14.1. The van der Waals surface area contributed by atoms with Crippen LogP contribution in [0.2, 0.25) is 0 Å². The third-order valence-corrected chi connectivity index (χ3v) is 3.71. The number of fused-ring (bicyclic) bond motifs is 1. The molecule has 0 bridgehead atoms. The van der Waals surface area contributed by atoms with Crippen molar-refractivity contribution in [2.24, 2.45) is 0 Å². The van der Waals surface area contributed by atoms with E-state index in [1.807, 2.05) is 6.07 Å². The van der Waals surface area contributed by atoms with Crippen LogP contribution in [0.5, 0.6) is 0 Å². The number of aliphatic hydroxyl groups is 1. The minimum absolute atomic E-state index is 0.0267. The quantitative estimate of drug-likeness (QED) is 0.673. The lowest BCUT2D eigenvalue weighted by atomic mass is 9.87. The van der Waals surface area contributed by atoms with Gasteiger partial charge >= 0.3 is 0 Å². The van der Waals surface area contributed by atoms with Gasteiger partial charge in [-0.2, -0.15) is 0 Å². The van der Waals surface area contributed by atoms with E-state index < -0.39 is 0 Å². The fourth-order valence-corrected chi connectivity index (χ4v) is 2.76. The molecule has 2 rings (SSSR count). The van der Waals surface area contributed by atoms with Gasteiger partial charge < -0.3 is 5.11 Å². The Kier molecular flexibility index (Phi) is 3.41. The number of hydrogen-bond donors (Lipinski definition) is 1. The fraction of sp³-hybridized carbons (Fsp3) is 0.417. The number of hydrogen-bond acceptors (Lipinski definition) is 2. The molecule has 0 saturated heterocycles. The Labute approximate surface area is 103 Å². The van der Waals surface area contributed by atoms with E-state index in [1.165, 1.54) is 0 Å². The highest BCUT2D eigenvalue weighted by Gasteiger charge is 2.18. The Hall–Kier alpha value is -0.420. The largest absolute Gasteiger partial charge is 0.392 e. The molecule has 0 aliphatic heterocycles. The number of rotatable bonds is 2. The first-order valence-electron chi connectivity index (χ1n) is 5.11. The molecule has 0 aromatic heterocycles. The van der Waals surface area contributed by atoms with E-state index in [2.05, 4.69) is 28.7 Å². The van der Waals surface area contributed by atoms with Crippen LogP contribution in [0.15, 0.2) is 12.1 Å². The van der Waals surface area contributed by atoms with Crippen molar-refractivity contribution in [1.82, 2.24) is 0 Å². The molecule has 1 N–H and O–H groups in total. The van der Waals surface area contributed by atoms with Crippen molar-refractivity contribution in [3.05, 3.63) is 34.4 Å². The number of benzene rings is 1. The maximum atomic E-state index is 11.7. The summed E-state index contributed by atoms with van der Waals surface area (Å²) in [7, 11) is 0. The Morgan fingerprint density at radius 1 is 1.27 bits per heavy atom. The first-order chi connectivity index (χ1) is 7.26. The number of alkyl halides is 1. The summed E-state index contributed by atoms with van der Waals surface area (Å²) in [5, 5.41) is 9.22. The van der Waals surface area contributed by atoms with Gasteiger partial charge in [-0.25, -0.2) is 0 Å². The average Bonchev–Trinajstić information content (AvgIpc) is 2.28. The van der Waals surface area contributed by atoms with Gasteiger partial charge in [-0.05, 0) is 35.6 Å². The molecule has 0 saturated carbocycles. The van der Waals surface area contributed by atoms with Crippen LogP contribution in [0.3, 0.4) is 0 Å². The molecule has 0 heterocycles. The fourth-order valence-electron chi connectivity index (χ4n) is 2.05. The second-order valence-corrected chi connectivity index (χ2v) is 4.61. The summed E-state index contributed by atoms with van der Waals surface area (Å²) >= 11 is 2.29. The summed E-state index contributed by atoms with van der Waals surface area (Å²) in [6, 6.07) is 3.97. The van der Waals surface area contributed by atoms with Gasteiger partial charge in [-0.3, -0.25) is 4.79 Å². The van der Waals surface area contributed by atoms with Crippen LogP contribution in [0.1, 0.15) is 39.9 Å². The molecule has 2 nitrogen and oxygen atoms in total. The van der Waals surface area contributed by atoms with Crippen molar-refractivity contribution >= 4 is 28.4 Å². The molecule has 1 aliphatic rings. The van der Waals surface area contributed by atoms with Gasteiger partial charge in [0.05, 0.1) is 6.61 Å². The van der Waals surface area contributed by atoms with Crippen LogP contribution in [-0.4, -0.2) is 10.9 Å². The maximum Gasteiger partial charge on any atom is 0.163 e. The Morgan fingerprint density at radius 3 is 2.73 bits per heavy atom. The molecular weight excluding hydrogens is 303 g/mol. The Morgan fingerprint density at radius 2 is 2.07 bits per heavy atom. The van der Waals surface area contributed by atoms with Gasteiger partial charge in [0, 0.05) is 16.4 Å². The molecule has 0 radical (unpaired) electrons. The molecular formula is C12H13IO2. The normalized spacial score (nSPS) is 15.2. The number of halogens is 1. The molecule has 1 aromatic carbocycles. The van der Waals surface area contributed by atoms with Gasteiger partial charge in [0.15, 0.2) is 5.78 Å². The number of carbonyl (C=O) groups excluding carboxylic acids is 1. The topological polar surface area (TPSA) is 37.3 Å². The minimum Gasteiger partial charge on any atom is -0.392 e. The lowest BCUT2D eigenvalue weighted by Gasteiger charge is -2.17. The molecule has 15 heavy (non-hydrogen) atoms. The summed E-state index contributed by atoms with van der Waals surface area (Å²) < 4.78 is 0.884. The standard InChI is InChI=1S/C12H13IO2/c13-6-9-4-8-2-1-3-12(15)11(8)5-10(9)7-14/h4-5,14H,1-3,6-7H2. The first kappa shape index (κ1) is 11.1. The zero-order chi connectivity index (χ0) is 10.8.